The first kappa shape index (κ1) is 11.3. The molecule has 1 aromatic heterocycles. The van der Waals surface area contributed by atoms with Crippen molar-refractivity contribution >= 4 is 28.8 Å². The summed E-state index contributed by atoms with van der Waals surface area (Å²) in [6, 6.07) is 10.1. The minimum atomic E-state index is -0.516. The second-order valence-corrected chi connectivity index (χ2v) is 4.32. The molecule has 2 aromatic rings. The van der Waals surface area contributed by atoms with Crippen LogP contribution in [0.4, 0.5) is 5.69 Å². The molecule has 0 radical (unpaired) electrons. The van der Waals surface area contributed by atoms with E-state index in [1.165, 1.54) is 11.3 Å². The lowest BCUT2D eigenvalue weighted by atomic mass is 10.2. The summed E-state index contributed by atoms with van der Waals surface area (Å²) < 4.78 is 0. The number of carbonyl (C=O) groups excluding carboxylic acids is 2. The van der Waals surface area contributed by atoms with Crippen molar-refractivity contribution in [1.82, 2.24) is 0 Å². The van der Waals surface area contributed by atoms with Crippen LogP contribution < -0.4 is 11.1 Å². The van der Waals surface area contributed by atoms with Gasteiger partial charge in [-0.05, 0) is 29.6 Å². The normalized spacial score (nSPS) is 9.88. The Hall–Kier alpha value is -2.14. The maximum atomic E-state index is 11.7. The lowest BCUT2D eigenvalue weighted by Crippen LogP contribution is -2.13. The first-order chi connectivity index (χ1) is 8.16. The summed E-state index contributed by atoms with van der Waals surface area (Å²) in [7, 11) is 0. The maximum absolute atomic E-state index is 11.7. The van der Waals surface area contributed by atoms with Crippen LogP contribution in [0.2, 0.25) is 0 Å². The Morgan fingerprint density at radius 1 is 1.18 bits per heavy atom. The molecule has 1 aromatic carbocycles. The molecule has 0 unspecified atom stereocenters. The molecule has 0 aliphatic rings. The van der Waals surface area contributed by atoms with E-state index in [2.05, 4.69) is 5.32 Å². The van der Waals surface area contributed by atoms with E-state index >= 15 is 0 Å². The quantitative estimate of drug-likeness (QED) is 0.870. The number of anilines is 1. The average Bonchev–Trinajstić information content (AvgIpc) is 2.82. The van der Waals surface area contributed by atoms with Gasteiger partial charge in [0.2, 0.25) is 5.91 Å². The van der Waals surface area contributed by atoms with Gasteiger partial charge in [0.1, 0.15) is 0 Å². The molecule has 0 aliphatic heterocycles. The van der Waals surface area contributed by atoms with Crippen LogP contribution in [0.3, 0.4) is 0 Å². The average molecular weight is 246 g/mol. The summed E-state index contributed by atoms with van der Waals surface area (Å²) in [5, 5.41) is 4.53. The molecular weight excluding hydrogens is 236 g/mol. The van der Waals surface area contributed by atoms with Crippen molar-refractivity contribution in [1.29, 1.82) is 0 Å². The predicted octanol–water partition coefficient (Wildman–Crippen LogP) is 2.10. The van der Waals surface area contributed by atoms with E-state index in [4.69, 9.17) is 5.73 Å². The van der Waals surface area contributed by atoms with Crippen LogP contribution in [0.1, 0.15) is 20.0 Å². The molecule has 5 heteroatoms. The van der Waals surface area contributed by atoms with E-state index < -0.39 is 5.91 Å². The Kier molecular flexibility index (Phi) is 3.20. The molecule has 0 saturated carbocycles. The first-order valence-electron chi connectivity index (χ1n) is 4.91. The zero-order valence-electron chi connectivity index (χ0n) is 8.84. The molecular formula is C12H10N2O2S. The van der Waals surface area contributed by atoms with E-state index in [-0.39, 0.29) is 5.91 Å². The van der Waals surface area contributed by atoms with E-state index in [0.29, 0.717) is 16.1 Å². The molecule has 4 nitrogen and oxygen atoms in total. The minimum absolute atomic E-state index is 0.193. The van der Waals surface area contributed by atoms with Gasteiger partial charge in [-0.1, -0.05) is 12.1 Å². The van der Waals surface area contributed by atoms with Crippen molar-refractivity contribution in [2.45, 2.75) is 0 Å². The third-order valence-corrected chi connectivity index (χ3v) is 3.02. The second kappa shape index (κ2) is 4.80. The summed E-state index contributed by atoms with van der Waals surface area (Å²) in [5.41, 5.74) is 6.08. The third kappa shape index (κ3) is 2.70. The van der Waals surface area contributed by atoms with Gasteiger partial charge in [0.25, 0.3) is 5.91 Å². The number of hydrogen-bond donors (Lipinski definition) is 2. The summed E-state index contributed by atoms with van der Waals surface area (Å²) in [6.07, 6.45) is 0. The number of amides is 2. The lowest BCUT2D eigenvalue weighted by molar-refractivity contribution is 0.0996. The molecule has 2 amide bonds. The SMILES string of the molecule is NC(=O)c1cccc(NC(=O)c2cccs2)c1. The number of rotatable bonds is 3. The molecule has 0 aliphatic carbocycles. The Labute approximate surface area is 102 Å². The topological polar surface area (TPSA) is 72.2 Å². The van der Waals surface area contributed by atoms with Gasteiger partial charge in [-0.25, -0.2) is 0 Å². The van der Waals surface area contributed by atoms with Crippen LogP contribution in [-0.2, 0) is 0 Å². The monoisotopic (exact) mass is 246 g/mol. The van der Waals surface area contributed by atoms with E-state index in [1.54, 1.807) is 36.4 Å². The molecule has 0 atom stereocenters. The summed E-state index contributed by atoms with van der Waals surface area (Å²) in [4.78, 5) is 23.3. The minimum Gasteiger partial charge on any atom is -0.366 e. The number of carbonyl (C=O) groups is 2. The van der Waals surface area contributed by atoms with Gasteiger partial charge in [0.05, 0.1) is 4.88 Å². The summed E-state index contributed by atoms with van der Waals surface area (Å²) in [6.45, 7) is 0. The number of hydrogen-bond acceptors (Lipinski definition) is 3. The van der Waals surface area contributed by atoms with Gasteiger partial charge in [-0.2, -0.15) is 0 Å². The van der Waals surface area contributed by atoms with Crippen molar-refractivity contribution in [2.24, 2.45) is 5.73 Å². The van der Waals surface area contributed by atoms with Crippen LogP contribution in [0, 0.1) is 0 Å². The Balaban J connectivity index is 2.16. The number of thiophene rings is 1. The van der Waals surface area contributed by atoms with Crippen molar-refractivity contribution in [3.63, 3.8) is 0 Å². The molecule has 17 heavy (non-hydrogen) atoms. The van der Waals surface area contributed by atoms with Gasteiger partial charge in [0, 0.05) is 11.3 Å². The fraction of sp³-hybridized carbons (Fsp3) is 0. The van der Waals surface area contributed by atoms with Crippen molar-refractivity contribution in [3.8, 4) is 0 Å². The van der Waals surface area contributed by atoms with Gasteiger partial charge in [0.15, 0.2) is 0 Å². The Bertz CT molecular complexity index is 549. The molecule has 0 bridgehead atoms. The molecule has 1 heterocycles. The number of benzene rings is 1. The zero-order chi connectivity index (χ0) is 12.3. The van der Waals surface area contributed by atoms with Crippen LogP contribution in [0.25, 0.3) is 0 Å². The van der Waals surface area contributed by atoms with Gasteiger partial charge in [-0.15, -0.1) is 11.3 Å². The van der Waals surface area contributed by atoms with Crippen molar-refractivity contribution in [2.75, 3.05) is 5.32 Å². The molecule has 0 fully saturated rings. The highest BCUT2D eigenvalue weighted by molar-refractivity contribution is 7.12. The highest BCUT2D eigenvalue weighted by atomic mass is 32.1. The lowest BCUT2D eigenvalue weighted by Gasteiger charge is -2.04. The smallest absolute Gasteiger partial charge is 0.265 e. The van der Waals surface area contributed by atoms with Crippen molar-refractivity contribution in [3.05, 3.63) is 52.2 Å². The van der Waals surface area contributed by atoms with Gasteiger partial charge >= 0.3 is 0 Å². The van der Waals surface area contributed by atoms with Crippen LogP contribution >= 0.6 is 11.3 Å². The summed E-state index contributed by atoms with van der Waals surface area (Å²) in [5.74, 6) is -0.709. The van der Waals surface area contributed by atoms with E-state index in [0.717, 1.165) is 0 Å². The molecule has 0 saturated heterocycles. The van der Waals surface area contributed by atoms with Gasteiger partial charge < -0.3 is 11.1 Å². The zero-order valence-corrected chi connectivity index (χ0v) is 9.66. The van der Waals surface area contributed by atoms with Crippen LogP contribution in [0.5, 0.6) is 0 Å². The number of nitrogens with one attached hydrogen (secondary N) is 1. The predicted molar refractivity (Wildman–Crippen MR) is 67.2 cm³/mol. The highest BCUT2D eigenvalue weighted by Crippen LogP contribution is 2.14. The maximum Gasteiger partial charge on any atom is 0.265 e. The Morgan fingerprint density at radius 3 is 2.65 bits per heavy atom. The van der Waals surface area contributed by atoms with Crippen LogP contribution in [-0.4, -0.2) is 11.8 Å². The highest BCUT2D eigenvalue weighted by Gasteiger charge is 2.07. The largest absolute Gasteiger partial charge is 0.366 e. The second-order valence-electron chi connectivity index (χ2n) is 3.38. The van der Waals surface area contributed by atoms with Gasteiger partial charge in [-0.3, -0.25) is 9.59 Å². The van der Waals surface area contributed by atoms with E-state index in [9.17, 15) is 9.59 Å². The van der Waals surface area contributed by atoms with Crippen LogP contribution in [0.15, 0.2) is 41.8 Å². The molecule has 86 valence electrons. The standard InChI is InChI=1S/C12H10N2O2S/c13-11(15)8-3-1-4-9(7-8)14-12(16)10-5-2-6-17-10/h1-7H,(H2,13,15)(H,14,16). The fourth-order valence-electron chi connectivity index (χ4n) is 1.35. The Morgan fingerprint density at radius 2 is 2.00 bits per heavy atom. The fourth-order valence-corrected chi connectivity index (χ4v) is 1.97. The molecule has 2 rings (SSSR count). The van der Waals surface area contributed by atoms with E-state index in [1.807, 2.05) is 5.38 Å². The molecule has 0 spiro atoms. The third-order valence-electron chi connectivity index (χ3n) is 2.15. The summed E-state index contributed by atoms with van der Waals surface area (Å²) >= 11 is 1.36. The van der Waals surface area contributed by atoms with Crippen molar-refractivity contribution < 1.29 is 9.59 Å². The number of primary amides is 1. The molecule has 3 N–H and O–H groups in total. The number of nitrogens with two attached hydrogens (primary N) is 1. The first-order valence-corrected chi connectivity index (χ1v) is 5.79.